The molecule has 3 rings (SSSR count). The molecule has 7 heteroatoms. The summed E-state index contributed by atoms with van der Waals surface area (Å²) < 4.78 is 49.2. The van der Waals surface area contributed by atoms with Crippen molar-refractivity contribution < 1.29 is 22.0 Å². The minimum atomic E-state index is -4.81. The van der Waals surface area contributed by atoms with E-state index < -0.39 is 26.4 Å². The van der Waals surface area contributed by atoms with Crippen LogP contribution in [-0.2, 0) is 21.1 Å². The highest BCUT2D eigenvalue weighted by atomic mass is 32.2. The standard InChI is InChI=1S/C21H17F2NO3S/c22-21(23)28(26,27)19-9-5-4-8-18(19)24-20(25)14-15-10-12-17(13-11-15)16-6-2-1-3-7-16/h1-13,21H,14H2,(H,24,25). The Hall–Kier alpha value is -3.06. The van der Waals surface area contributed by atoms with Crippen molar-refractivity contribution in [1.29, 1.82) is 0 Å². The minimum absolute atomic E-state index is 0.0157. The highest BCUT2D eigenvalue weighted by molar-refractivity contribution is 7.91. The van der Waals surface area contributed by atoms with E-state index in [9.17, 15) is 22.0 Å². The van der Waals surface area contributed by atoms with Crippen LogP contribution in [0.1, 0.15) is 5.56 Å². The van der Waals surface area contributed by atoms with Gasteiger partial charge in [-0.15, -0.1) is 0 Å². The summed E-state index contributed by atoms with van der Waals surface area (Å²) in [4.78, 5) is 11.7. The average molecular weight is 401 g/mol. The van der Waals surface area contributed by atoms with Crippen LogP contribution in [0.25, 0.3) is 11.1 Å². The van der Waals surface area contributed by atoms with Crippen molar-refractivity contribution in [2.75, 3.05) is 5.32 Å². The summed E-state index contributed by atoms with van der Waals surface area (Å²) >= 11 is 0. The van der Waals surface area contributed by atoms with Gasteiger partial charge >= 0.3 is 5.76 Å². The van der Waals surface area contributed by atoms with Crippen molar-refractivity contribution in [3.63, 3.8) is 0 Å². The molecule has 0 radical (unpaired) electrons. The summed E-state index contributed by atoms with van der Waals surface area (Å²) in [6.45, 7) is 0. The van der Waals surface area contributed by atoms with E-state index in [0.717, 1.165) is 17.2 Å². The first-order valence-electron chi connectivity index (χ1n) is 8.43. The van der Waals surface area contributed by atoms with E-state index in [1.165, 1.54) is 18.2 Å². The average Bonchev–Trinajstić information content (AvgIpc) is 2.69. The Kier molecular flexibility index (Phi) is 5.84. The molecule has 0 spiro atoms. The minimum Gasteiger partial charge on any atom is -0.325 e. The second kappa shape index (κ2) is 8.31. The fourth-order valence-electron chi connectivity index (χ4n) is 2.74. The zero-order chi connectivity index (χ0) is 20.1. The molecular formula is C21H17F2NO3S. The molecule has 1 N–H and O–H groups in total. The molecule has 0 aliphatic carbocycles. The molecule has 0 aromatic heterocycles. The number of sulfone groups is 1. The van der Waals surface area contributed by atoms with E-state index in [2.05, 4.69) is 5.32 Å². The van der Waals surface area contributed by atoms with Crippen LogP contribution in [0, 0.1) is 0 Å². The van der Waals surface area contributed by atoms with Crippen LogP contribution in [0.5, 0.6) is 0 Å². The molecule has 0 atom stereocenters. The number of alkyl halides is 2. The van der Waals surface area contributed by atoms with Crippen LogP contribution < -0.4 is 5.32 Å². The topological polar surface area (TPSA) is 63.2 Å². The fourth-order valence-corrected chi connectivity index (χ4v) is 3.63. The van der Waals surface area contributed by atoms with Gasteiger partial charge in [-0.3, -0.25) is 4.79 Å². The number of para-hydroxylation sites is 1. The second-order valence-corrected chi connectivity index (χ2v) is 7.98. The van der Waals surface area contributed by atoms with Gasteiger partial charge in [0.2, 0.25) is 15.7 Å². The van der Waals surface area contributed by atoms with Gasteiger partial charge in [0.1, 0.15) is 0 Å². The number of carbonyl (C=O) groups excluding carboxylic acids is 1. The van der Waals surface area contributed by atoms with Crippen molar-refractivity contribution in [1.82, 2.24) is 0 Å². The largest absolute Gasteiger partial charge is 0.341 e. The van der Waals surface area contributed by atoms with Crippen molar-refractivity contribution >= 4 is 21.4 Å². The predicted molar refractivity (Wildman–Crippen MR) is 104 cm³/mol. The number of carbonyl (C=O) groups is 1. The number of anilines is 1. The van der Waals surface area contributed by atoms with Gasteiger partial charge in [-0.2, -0.15) is 8.78 Å². The van der Waals surface area contributed by atoms with Gasteiger partial charge in [-0.25, -0.2) is 8.42 Å². The van der Waals surface area contributed by atoms with E-state index in [-0.39, 0.29) is 12.1 Å². The highest BCUT2D eigenvalue weighted by Gasteiger charge is 2.29. The van der Waals surface area contributed by atoms with Crippen molar-refractivity contribution in [2.45, 2.75) is 17.1 Å². The third-order valence-electron chi connectivity index (χ3n) is 4.13. The van der Waals surface area contributed by atoms with E-state index in [0.29, 0.717) is 5.56 Å². The Labute approximate surface area is 161 Å². The summed E-state index contributed by atoms with van der Waals surface area (Å²) in [7, 11) is -4.81. The molecule has 0 unspecified atom stereocenters. The van der Waals surface area contributed by atoms with Gasteiger partial charge in [-0.05, 0) is 28.8 Å². The van der Waals surface area contributed by atoms with Gasteiger partial charge < -0.3 is 5.32 Å². The maximum atomic E-state index is 12.8. The zero-order valence-electron chi connectivity index (χ0n) is 14.7. The molecule has 4 nitrogen and oxygen atoms in total. The van der Waals surface area contributed by atoms with Gasteiger partial charge in [0.05, 0.1) is 17.0 Å². The number of hydrogen-bond acceptors (Lipinski definition) is 3. The lowest BCUT2D eigenvalue weighted by Gasteiger charge is -2.11. The smallest absolute Gasteiger partial charge is 0.325 e. The lowest BCUT2D eigenvalue weighted by molar-refractivity contribution is -0.115. The van der Waals surface area contributed by atoms with Gasteiger partial charge in [0, 0.05) is 0 Å². The van der Waals surface area contributed by atoms with Crippen LogP contribution in [0.3, 0.4) is 0 Å². The first-order valence-corrected chi connectivity index (χ1v) is 9.98. The highest BCUT2D eigenvalue weighted by Crippen LogP contribution is 2.26. The molecule has 0 saturated heterocycles. The molecule has 0 aliphatic rings. The van der Waals surface area contributed by atoms with Crippen LogP contribution in [0.2, 0.25) is 0 Å². The molecule has 0 heterocycles. The Balaban J connectivity index is 1.73. The molecule has 0 saturated carbocycles. The first-order chi connectivity index (χ1) is 13.4. The van der Waals surface area contributed by atoms with Crippen LogP contribution in [0.15, 0.2) is 83.8 Å². The summed E-state index contributed by atoms with van der Waals surface area (Å²) in [5, 5.41) is 2.41. The quantitative estimate of drug-likeness (QED) is 0.660. The van der Waals surface area contributed by atoms with Crippen LogP contribution in [-0.4, -0.2) is 20.1 Å². The molecule has 1 amide bonds. The zero-order valence-corrected chi connectivity index (χ0v) is 15.5. The molecule has 0 fully saturated rings. The number of benzene rings is 3. The Morgan fingerprint density at radius 2 is 1.39 bits per heavy atom. The van der Waals surface area contributed by atoms with Crippen LogP contribution >= 0.6 is 0 Å². The molecule has 0 bridgehead atoms. The van der Waals surface area contributed by atoms with E-state index in [1.807, 2.05) is 42.5 Å². The second-order valence-electron chi connectivity index (χ2n) is 6.09. The SMILES string of the molecule is O=C(Cc1ccc(-c2ccccc2)cc1)Nc1ccccc1S(=O)(=O)C(F)F. The van der Waals surface area contributed by atoms with Gasteiger partial charge in [-0.1, -0.05) is 66.7 Å². The molecule has 28 heavy (non-hydrogen) atoms. The first kappa shape index (κ1) is 19.7. The monoisotopic (exact) mass is 401 g/mol. The third-order valence-corrected chi connectivity index (χ3v) is 5.57. The summed E-state index contributed by atoms with van der Waals surface area (Å²) in [6, 6.07) is 22.2. The summed E-state index contributed by atoms with van der Waals surface area (Å²) in [5.41, 5.74) is 2.60. The normalized spacial score (nSPS) is 11.4. The lowest BCUT2D eigenvalue weighted by Crippen LogP contribution is -2.19. The predicted octanol–water partition coefficient (Wildman–Crippen LogP) is 4.53. The van der Waals surface area contributed by atoms with E-state index >= 15 is 0 Å². The summed E-state index contributed by atoms with van der Waals surface area (Å²) in [5.74, 6) is -4.06. The van der Waals surface area contributed by atoms with E-state index in [4.69, 9.17) is 0 Å². The van der Waals surface area contributed by atoms with Crippen LogP contribution in [0.4, 0.5) is 14.5 Å². The molecular weight excluding hydrogens is 384 g/mol. The molecule has 3 aromatic carbocycles. The molecule has 3 aromatic rings. The Morgan fingerprint density at radius 1 is 0.821 bits per heavy atom. The Morgan fingerprint density at radius 3 is 2.04 bits per heavy atom. The Bertz CT molecular complexity index is 1070. The van der Waals surface area contributed by atoms with E-state index in [1.54, 1.807) is 12.1 Å². The van der Waals surface area contributed by atoms with Gasteiger partial charge in [0.15, 0.2) is 0 Å². The van der Waals surface area contributed by atoms with Gasteiger partial charge in [0.25, 0.3) is 0 Å². The van der Waals surface area contributed by atoms with Crippen molar-refractivity contribution in [2.24, 2.45) is 0 Å². The maximum Gasteiger partial charge on any atom is 0.341 e. The summed E-state index contributed by atoms with van der Waals surface area (Å²) in [6.07, 6.45) is -0.0157. The molecule has 0 aliphatic heterocycles. The third kappa shape index (κ3) is 4.43. The van der Waals surface area contributed by atoms with Crippen molar-refractivity contribution in [3.05, 3.63) is 84.4 Å². The lowest BCUT2D eigenvalue weighted by atomic mass is 10.0. The maximum absolute atomic E-state index is 12.8. The molecule has 144 valence electrons. The number of rotatable bonds is 6. The fraction of sp³-hybridized carbons (Fsp3) is 0.0952. The van der Waals surface area contributed by atoms with Crippen molar-refractivity contribution in [3.8, 4) is 11.1 Å². The number of amides is 1. The number of hydrogen-bond donors (Lipinski definition) is 1. The number of nitrogens with one attached hydrogen (secondary N) is 1. The number of halogens is 2.